The van der Waals surface area contributed by atoms with E-state index in [-0.39, 0.29) is 17.8 Å². The van der Waals surface area contributed by atoms with Crippen LogP contribution in [0.5, 0.6) is 5.75 Å². The molecule has 1 heterocycles. The van der Waals surface area contributed by atoms with Gasteiger partial charge in [0.05, 0.1) is 4.92 Å². The van der Waals surface area contributed by atoms with E-state index in [4.69, 9.17) is 10.5 Å². The van der Waals surface area contributed by atoms with E-state index in [0.717, 1.165) is 0 Å². The summed E-state index contributed by atoms with van der Waals surface area (Å²) in [5, 5.41) is 11.3. The molecule has 1 aromatic carbocycles. The molecule has 2 N–H and O–H groups in total. The Kier molecular flexibility index (Phi) is 3.05. The van der Waals surface area contributed by atoms with Gasteiger partial charge >= 0.3 is 0 Å². The van der Waals surface area contributed by atoms with Crippen LogP contribution in [0.15, 0.2) is 30.5 Å². The normalized spacial score (nSPS) is 10.2. The number of aromatic nitrogens is 1. The van der Waals surface area contributed by atoms with E-state index in [1.54, 1.807) is 12.1 Å². The SMILES string of the molecule is NC(=O)COc1ccc([N+](=O)[O-])c2ncccc12. The molecule has 0 spiro atoms. The second-order valence-electron chi connectivity index (χ2n) is 3.49. The zero-order valence-corrected chi connectivity index (χ0v) is 9.20. The first-order chi connectivity index (χ1) is 8.59. The number of rotatable bonds is 4. The third-order valence-corrected chi connectivity index (χ3v) is 2.27. The van der Waals surface area contributed by atoms with Gasteiger partial charge in [0, 0.05) is 17.6 Å². The lowest BCUT2D eigenvalue weighted by molar-refractivity contribution is -0.383. The van der Waals surface area contributed by atoms with Gasteiger partial charge in [0.25, 0.3) is 11.6 Å². The summed E-state index contributed by atoms with van der Waals surface area (Å²) in [5.41, 5.74) is 5.07. The van der Waals surface area contributed by atoms with Crippen LogP contribution in [0, 0.1) is 10.1 Å². The summed E-state index contributed by atoms with van der Waals surface area (Å²) >= 11 is 0. The number of non-ortho nitro benzene ring substituents is 1. The largest absolute Gasteiger partial charge is 0.483 e. The van der Waals surface area contributed by atoms with E-state index < -0.39 is 10.8 Å². The number of fused-ring (bicyclic) bond motifs is 1. The van der Waals surface area contributed by atoms with Crippen LogP contribution < -0.4 is 10.5 Å². The molecule has 92 valence electrons. The molecule has 0 fully saturated rings. The van der Waals surface area contributed by atoms with E-state index in [9.17, 15) is 14.9 Å². The average molecular weight is 247 g/mol. The van der Waals surface area contributed by atoms with E-state index in [0.29, 0.717) is 11.1 Å². The number of primary amides is 1. The molecule has 0 aliphatic rings. The number of pyridine rings is 1. The van der Waals surface area contributed by atoms with Gasteiger partial charge in [0.15, 0.2) is 12.1 Å². The highest BCUT2D eigenvalue weighted by atomic mass is 16.6. The molecule has 0 radical (unpaired) electrons. The molecule has 7 nitrogen and oxygen atoms in total. The number of nitro benzene ring substituents is 1. The van der Waals surface area contributed by atoms with Crippen molar-refractivity contribution in [2.75, 3.05) is 6.61 Å². The second kappa shape index (κ2) is 4.66. The Hall–Kier alpha value is -2.70. The van der Waals surface area contributed by atoms with Crippen molar-refractivity contribution in [3.8, 4) is 5.75 Å². The van der Waals surface area contributed by atoms with Crippen molar-refractivity contribution in [3.05, 3.63) is 40.6 Å². The summed E-state index contributed by atoms with van der Waals surface area (Å²) in [7, 11) is 0. The Morgan fingerprint density at radius 3 is 2.89 bits per heavy atom. The van der Waals surface area contributed by atoms with Gasteiger partial charge in [-0.1, -0.05) is 0 Å². The molecule has 1 aromatic heterocycles. The van der Waals surface area contributed by atoms with Crippen molar-refractivity contribution in [2.24, 2.45) is 5.73 Å². The van der Waals surface area contributed by atoms with Gasteiger partial charge in [0.1, 0.15) is 5.75 Å². The van der Waals surface area contributed by atoms with Gasteiger partial charge in [-0.25, -0.2) is 4.98 Å². The molecule has 1 amide bonds. The number of carbonyl (C=O) groups is 1. The van der Waals surface area contributed by atoms with Crippen LogP contribution >= 0.6 is 0 Å². The Morgan fingerprint density at radius 1 is 1.44 bits per heavy atom. The van der Waals surface area contributed by atoms with Crippen molar-refractivity contribution >= 4 is 22.5 Å². The summed E-state index contributed by atoms with van der Waals surface area (Å²) in [6.45, 7) is -0.290. The van der Waals surface area contributed by atoms with E-state index in [1.807, 2.05) is 0 Å². The van der Waals surface area contributed by atoms with Crippen molar-refractivity contribution in [1.29, 1.82) is 0 Å². The fourth-order valence-electron chi connectivity index (χ4n) is 1.55. The Labute approximate surface area is 101 Å². The molecule has 0 bridgehead atoms. The molecule has 2 aromatic rings. The second-order valence-corrected chi connectivity index (χ2v) is 3.49. The zero-order chi connectivity index (χ0) is 13.1. The minimum atomic E-state index is -0.620. The highest BCUT2D eigenvalue weighted by Gasteiger charge is 2.16. The monoisotopic (exact) mass is 247 g/mol. The van der Waals surface area contributed by atoms with Crippen molar-refractivity contribution in [1.82, 2.24) is 4.98 Å². The van der Waals surface area contributed by atoms with E-state index >= 15 is 0 Å². The third kappa shape index (κ3) is 2.19. The quantitative estimate of drug-likeness (QED) is 0.640. The Balaban J connectivity index is 2.53. The Bertz CT molecular complexity index is 627. The molecule has 0 aliphatic heterocycles. The van der Waals surface area contributed by atoms with Crippen molar-refractivity contribution in [2.45, 2.75) is 0 Å². The van der Waals surface area contributed by atoms with Crippen LogP contribution in [0.4, 0.5) is 5.69 Å². The van der Waals surface area contributed by atoms with E-state index in [2.05, 4.69) is 4.98 Å². The highest BCUT2D eigenvalue weighted by Crippen LogP contribution is 2.31. The van der Waals surface area contributed by atoms with Crippen LogP contribution in [0.3, 0.4) is 0 Å². The van der Waals surface area contributed by atoms with Crippen LogP contribution in [0.1, 0.15) is 0 Å². The standard InChI is InChI=1S/C11H9N3O4/c12-10(15)6-18-9-4-3-8(14(16)17)11-7(9)2-1-5-13-11/h1-5H,6H2,(H2,12,15). The fourth-order valence-corrected chi connectivity index (χ4v) is 1.55. The summed E-state index contributed by atoms with van der Waals surface area (Å²) in [5.74, 6) is -0.284. The number of amides is 1. The minimum Gasteiger partial charge on any atom is -0.483 e. The van der Waals surface area contributed by atoms with Gasteiger partial charge in [-0.15, -0.1) is 0 Å². The zero-order valence-electron chi connectivity index (χ0n) is 9.20. The summed E-state index contributed by atoms with van der Waals surface area (Å²) < 4.78 is 5.18. The molecular formula is C11H9N3O4. The van der Waals surface area contributed by atoms with Crippen LogP contribution in [-0.2, 0) is 4.79 Å². The molecule has 0 aliphatic carbocycles. The summed E-state index contributed by atoms with van der Waals surface area (Å²) in [6, 6.07) is 5.96. The van der Waals surface area contributed by atoms with Crippen LogP contribution in [0.25, 0.3) is 10.9 Å². The number of nitrogens with two attached hydrogens (primary N) is 1. The lowest BCUT2D eigenvalue weighted by Gasteiger charge is -2.07. The predicted octanol–water partition coefficient (Wildman–Crippen LogP) is 1.01. The minimum absolute atomic E-state index is 0.114. The maximum atomic E-state index is 10.8. The topological polar surface area (TPSA) is 108 Å². The highest BCUT2D eigenvalue weighted by molar-refractivity contribution is 5.92. The molecule has 7 heteroatoms. The number of nitrogens with zero attached hydrogens (tertiary/aromatic N) is 2. The first-order valence-electron chi connectivity index (χ1n) is 5.03. The first-order valence-corrected chi connectivity index (χ1v) is 5.03. The first kappa shape index (κ1) is 11.8. The maximum Gasteiger partial charge on any atom is 0.295 e. The molecule has 0 atom stereocenters. The number of benzene rings is 1. The smallest absolute Gasteiger partial charge is 0.295 e. The van der Waals surface area contributed by atoms with Crippen molar-refractivity contribution < 1.29 is 14.5 Å². The number of carbonyl (C=O) groups excluding carboxylic acids is 1. The Morgan fingerprint density at radius 2 is 2.22 bits per heavy atom. The number of hydrogen-bond donors (Lipinski definition) is 1. The molecule has 2 rings (SSSR count). The molecule has 0 saturated carbocycles. The lowest BCUT2D eigenvalue weighted by atomic mass is 10.1. The van der Waals surface area contributed by atoms with Gasteiger partial charge in [-0.3, -0.25) is 14.9 Å². The maximum absolute atomic E-state index is 10.8. The van der Waals surface area contributed by atoms with E-state index in [1.165, 1.54) is 18.3 Å². The number of nitro groups is 1. The number of hydrogen-bond acceptors (Lipinski definition) is 5. The molecule has 0 saturated heterocycles. The third-order valence-electron chi connectivity index (χ3n) is 2.27. The molecular weight excluding hydrogens is 238 g/mol. The molecule has 18 heavy (non-hydrogen) atoms. The summed E-state index contributed by atoms with van der Waals surface area (Å²) in [4.78, 5) is 24.9. The lowest BCUT2D eigenvalue weighted by Crippen LogP contribution is -2.20. The number of ether oxygens (including phenoxy) is 1. The predicted molar refractivity (Wildman–Crippen MR) is 63.1 cm³/mol. The fraction of sp³-hybridized carbons (Fsp3) is 0.0909. The summed E-state index contributed by atoms with van der Waals surface area (Å²) in [6.07, 6.45) is 1.45. The van der Waals surface area contributed by atoms with Gasteiger partial charge < -0.3 is 10.5 Å². The van der Waals surface area contributed by atoms with Crippen LogP contribution in [0.2, 0.25) is 0 Å². The van der Waals surface area contributed by atoms with Crippen LogP contribution in [-0.4, -0.2) is 22.4 Å². The van der Waals surface area contributed by atoms with Gasteiger partial charge in [-0.05, 0) is 18.2 Å². The molecule has 0 unspecified atom stereocenters. The van der Waals surface area contributed by atoms with Gasteiger partial charge in [0.2, 0.25) is 0 Å². The average Bonchev–Trinajstić information content (AvgIpc) is 2.35. The van der Waals surface area contributed by atoms with Gasteiger partial charge in [-0.2, -0.15) is 0 Å². The van der Waals surface area contributed by atoms with Crippen molar-refractivity contribution in [3.63, 3.8) is 0 Å².